The minimum Gasteiger partial charge on any atom is -0.408 e. The monoisotopic (exact) mass is 245 g/mol. The summed E-state index contributed by atoms with van der Waals surface area (Å²) in [5.74, 6) is 1.05. The molecule has 1 saturated heterocycles. The third-order valence-electron chi connectivity index (χ3n) is 3.05. The summed E-state index contributed by atoms with van der Waals surface area (Å²) in [6.07, 6.45) is 1.66. The van der Waals surface area contributed by atoms with Gasteiger partial charge in [-0.3, -0.25) is 0 Å². The summed E-state index contributed by atoms with van der Waals surface area (Å²) in [6.45, 7) is 4.89. The van der Waals surface area contributed by atoms with Gasteiger partial charge in [-0.25, -0.2) is 0 Å². The molecule has 0 aliphatic carbocycles. The van der Waals surface area contributed by atoms with Crippen LogP contribution in [0.15, 0.2) is 4.42 Å². The van der Waals surface area contributed by atoms with E-state index in [0.29, 0.717) is 24.2 Å². The van der Waals surface area contributed by atoms with Crippen LogP contribution in [0.4, 0.5) is 6.01 Å². The van der Waals surface area contributed by atoms with Gasteiger partial charge in [0.15, 0.2) is 0 Å². The summed E-state index contributed by atoms with van der Waals surface area (Å²) in [6, 6.07) is 0.444. The molecule has 1 N–H and O–H groups in total. The van der Waals surface area contributed by atoms with Gasteiger partial charge in [0.2, 0.25) is 5.89 Å². The third-order valence-corrected chi connectivity index (χ3v) is 3.24. The Labute approximate surface area is 99.5 Å². The van der Waals surface area contributed by atoms with Crippen molar-refractivity contribution in [3.05, 3.63) is 5.89 Å². The van der Waals surface area contributed by atoms with Crippen LogP contribution in [-0.4, -0.2) is 34.3 Å². The van der Waals surface area contributed by atoms with Gasteiger partial charge in [-0.1, -0.05) is 5.10 Å². The molecule has 16 heavy (non-hydrogen) atoms. The van der Waals surface area contributed by atoms with Crippen molar-refractivity contribution in [1.82, 2.24) is 10.2 Å². The summed E-state index contributed by atoms with van der Waals surface area (Å²) in [7, 11) is 0. The lowest BCUT2D eigenvalue weighted by Gasteiger charge is -2.27. The molecule has 1 aromatic rings. The zero-order chi connectivity index (χ0) is 11.6. The number of hydrogen-bond donors (Lipinski definition) is 1. The van der Waals surface area contributed by atoms with Crippen LogP contribution in [0.3, 0.4) is 0 Å². The fourth-order valence-electron chi connectivity index (χ4n) is 1.73. The van der Waals surface area contributed by atoms with Crippen LogP contribution in [-0.2, 0) is 11.2 Å². The largest absolute Gasteiger partial charge is 0.408 e. The number of aryl methyl sites for hydroxylation is 1. The number of hydrogen-bond acceptors (Lipinski definition) is 5. The fourth-order valence-corrected chi connectivity index (χ4v) is 1.89. The lowest BCUT2D eigenvalue weighted by atomic mass is 9.95. The van der Waals surface area contributed by atoms with Crippen molar-refractivity contribution >= 4 is 17.6 Å². The Kier molecular flexibility index (Phi) is 3.35. The highest BCUT2D eigenvalue weighted by atomic mass is 35.5. The highest BCUT2D eigenvalue weighted by Gasteiger charge is 2.38. The van der Waals surface area contributed by atoms with Crippen molar-refractivity contribution in [3.8, 4) is 0 Å². The molecule has 0 amide bonds. The summed E-state index contributed by atoms with van der Waals surface area (Å²) in [5.41, 5.74) is -0.134. The average Bonchev–Trinajstić information content (AvgIpc) is 2.77. The average molecular weight is 246 g/mol. The molecular formula is C10H16ClN3O2. The number of anilines is 1. The first-order chi connectivity index (χ1) is 7.64. The van der Waals surface area contributed by atoms with E-state index in [1.807, 2.05) is 6.92 Å². The number of alkyl halides is 1. The molecule has 6 heteroatoms. The predicted molar refractivity (Wildman–Crippen MR) is 60.8 cm³/mol. The first-order valence-electron chi connectivity index (χ1n) is 5.42. The minimum absolute atomic E-state index is 0.134. The molecule has 5 nitrogen and oxygen atoms in total. The van der Waals surface area contributed by atoms with Crippen LogP contribution in [0.25, 0.3) is 0 Å². The minimum atomic E-state index is -0.134. The molecule has 0 saturated carbocycles. The van der Waals surface area contributed by atoms with Crippen molar-refractivity contribution < 1.29 is 9.15 Å². The maximum Gasteiger partial charge on any atom is 0.315 e. The van der Waals surface area contributed by atoms with E-state index >= 15 is 0 Å². The quantitative estimate of drug-likeness (QED) is 0.820. The molecule has 1 aromatic heterocycles. The van der Waals surface area contributed by atoms with E-state index in [1.165, 1.54) is 0 Å². The van der Waals surface area contributed by atoms with Crippen LogP contribution >= 0.6 is 11.6 Å². The van der Waals surface area contributed by atoms with Crippen molar-refractivity contribution in [2.45, 2.75) is 38.3 Å². The van der Waals surface area contributed by atoms with Gasteiger partial charge in [0.05, 0.1) is 11.6 Å². The zero-order valence-corrected chi connectivity index (χ0v) is 10.3. The van der Waals surface area contributed by atoms with E-state index in [9.17, 15) is 0 Å². The normalized spacial score (nSPS) is 29.6. The van der Waals surface area contributed by atoms with Gasteiger partial charge >= 0.3 is 6.01 Å². The third kappa shape index (κ3) is 2.30. The molecular weight excluding hydrogens is 230 g/mol. The van der Waals surface area contributed by atoms with Crippen LogP contribution in [0.2, 0.25) is 0 Å². The topological polar surface area (TPSA) is 60.2 Å². The number of ether oxygens (including phenoxy) is 1. The number of halogens is 1. The lowest BCUT2D eigenvalue weighted by molar-refractivity contribution is 0.104. The summed E-state index contributed by atoms with van der Waals surface area (Å²) >= 11 is 5.60. The highest BCUT2D eigenvalue weighted by Crippen LogP contribution is 2.28. The van der Waals surface area contributed by atoms with Gasteiger partial charge < -0.3 is 14.5 Å². The molecule has 0 radical (unpaired) electrons. The molecule has 1 fully saturated rings. The molecule has 2 heterocycles. The second-order valence-electron chi connectivity index (χ2n) is 4.25. The second kappa shape index (κ2) is 4.59. The van der Waals surface area contributed by atoms with Crippen LogP contribution < -0.4 is 5.32 Å². The summed E-state index contributed by atoms with van der Waals surface area (Å²) in [4.78, 5) is 0. The molecule has 90 valence electrons. The fraction of sp³-hybridized carbons (Fsp3) is 0.800. The number of aromatic nitrogens is 2. The van der Waals surface area contributed by atoms with Crippen LogP contribution in [0.5, 0.6) is 0 Å². The van der Waals surface area contributed by atoms with Gasteiger partial charge in [0.1, 0.15) is 0 Å². The first kappa shape index (κ1) is 11.7. The Morgan fingerprint density at radius 2 is 2.38 bits per heavy atom. The van der Waals surface area contributed by atoms with Gasteiger partial charge in [0, 0.05) is 18.9 Å². The number of nitrogens with one attached hydrogen (secondary N) is 1. The zero-order valence-electron chi connectivity index (χ0n) is 9.49. The maximum atomic E-state index is 5.60. The van der Waals surface area contributed by atoms with E-state index < -0.39 is 0 Å². The number of rotatable bonds is 4. The van der Waals surface area contributed by atoms with Crippen molar-refractivity contribution in [2.75, 3.05) is 17.8 Å². The summed E-state index contributed by atoms with van der Waals surface area (Å²) in [5, 5.41) is 11.1. The van der Waals surface area contributed by atoms with Crippen molar-refractivity contribution in [2.24, 2.45) is 0 Å². The van der Waals surface area contributed by atoms with E-state index in [4.69, 9.17) is 20.8 Å². The molecule has 1 aliphatic heterocycles. The molecule has 2 atom stereocenters. The van der Waals surface area contributed by atoms with Gasteiger partial charge in [-0.2, -0.15) is 0 Å². The van der Waals surface area contributed by atoms with Gasteiger partial charge in [-0.15, -0.1) is 16.7 Å². The molecule has 2 unspecified atom stereocenters. The standard InChI is InChI=1S/C10H16ClN3O2/c1-7-10(2,4-6-15-7)12-9-14-13-8(16-9)3-5-11/h7H,3-6H2,1-2H3,(H,12,14). The van der Waals surface area contributed by atoms with Gasteiger partial charge in [-0.05, 0) is 20.3 Å². The predicted octanol–water partition coefficient (Wildman–Crippen LogP) is 1.83. The SMILES string of the molecule is CC1OCCC1(C)Nc1nnc(CCCl)o1. The van der Waals surface area contributed by atoms with Crippen LogP contribution in [0, 0.1) is 0 Å². The second-order valence-corrected chi connectivity index (χ2v) is 4.62. The molecule has 2 rings (SSSR count). The Bertz CT molecular complexity index is 358. The Morgan fingerprint density at radius 1 is 1.56 bits per heavy atom. The van der Waals surface area contributed by atoms with E-state index in [-0.39, 0.29) is 11.6 Å². The highest BCUT2D eigenvalue weighted by molar-refractivity contribution is 6.17. The van der Waals surface area contributed by atoms with Crippen molar-refractivity contribution in [1.29, 1.82) is 0 Å². The maximum absolute atomic E-state index is 5.60. The molecule has 0 bridgehead atoms. The number of nitrogens with zero attached hydrogens (tertiary/aromatic N) is 2. The van der Waals surface area contributed by atoms with E-state index in [0.717, 1.165) is 13.0 Å². The molecule has 1 aliphatic rings. The van der Waals surface area contributed by atoms with Crippen LogP contribution in [0.1, 0.15) is 26.2 Å². The molecule has 0 aromatic carbocycles. The van der Waals surface area contributed by atoms with Crippen molar-refractivity contribution in [3.63, 3.8) is 0 Å². The Balaban J connectivity index is 2.02. The van der Waals surface area contributed by atoms with E-state index in [1.54, 1.807) is 0 Å². The van der Waals surface area contributed by atoms with E-state index in [2.05, 4.69) is 22.4 Å². The van der Waals surface area contributed by atoms with Gasteiger partial charge in [0.25, 0.3) is 0 Å². The Morgan fingerprint density at radius 3 is 3.00 bits per heavy atom. The summed E-state index contributed by atoms with van der Waals surface area (Å²) < 4.78 is 10.9. The first-order valence-corrected chi connectivity index (χ1v) is 5.95. The smallest absolute Gasteiger partial charge is 0.315 e. The molecule has 0 spiro atoms. The Hall–Kier alpha value is -0.810. The lowest BCUT2D eigenvalue weighted by Crippen LogP contribution is -2.41.